The molecule has 0 amide bonds. The summed E-state index contributed by atoms with van der Waals surface area (Å²) in [5.74, 6) is 0. The van der Waals surface area contributed by atoms with Crippen LogP contribution in [0.2, 0.25) is 0 Å². The number of nitrogens with zero attached hydrogens (tertiary/aromatic N) is 1. The minimum atomic E-state index is -4.36. The van der Waals surface area contributed by atoms with E-state index >= 15 is 0 Å². The van der Waals surface area contributed by atoms with Gasteiger partial charge in [-0.1, -0.05) is 26.8 Å². The molecular formula is C15H23F3N2. The Labute approximate surface area is 118 Å². The maximum Gasteiger partial charge on any atom is 0.418 e. The Morgan fingerprint density at radius 2 is 1.75 bits per heavy atom. The zero-order valence-electron chi connectivity index (χ0n) is 12.5. The molecule has 0 saturated heterocycles. The monoisotopic (exact) mass is 288 g/mol. The van der Waals surface area contributed by atoms with E-state index in [4.69, 9.17) is 5.73 Å². The van der Waals surface area contributed by atoms with E-state index in [1.54, 1.807) is 24.1 Å². The second-order valence-corrected chi connectivity index (χ2v) is 6.30. The lowest BCUT2D eigenvalue weighted by Gasteiger charge is -2.30. The smallest absolute Gasteiger partial charge is 0.374 e. The minimum Gasteiger partial charge on any atom is -0.374 e. The molecule has 0 aliphatic rings. The van der Waals surface area contributed by atoms with Crippen molar-refractivity contribution in [1.82, 2.24) is 0 Å². The van der Waals surface area contributed by atoms with Crippen molar-refractivity contribution in [1.29, 1.82) is 0 Å². The number of hydrogen-bond acceptors (Lipinski definition) is 2. The highest BCUT2D eigenvalue weighted by molar-refractivity contribution is 5.56. The largest absolute Gasteiger partial charge is 0.418 e. The zero-order chi connectivity index (χ0) is 15.6. The standard InChI is InChI=1S/C15H23F3N2/c1-14(2,3)10-20(4)13-6-5-11(7-8-19)9-12(13)15(16,17)18/h5-6,9H,7-8,10,19H2,1-4H3. The van der Waals surface area contributed by atoms with Crippen LogP contribution in [0.3, 0.4) is 0 Å². The predicted molar refractivity (Wildman–Crippen MR) is 76.9 cm³/mol. The number of rotatable bonds is 4. The SMILES string of the molecule is CN(CC(C)(C)C)c1ccc(CCN)cc1C(F)(F)F. The fraction of sp³-hybridized carbons (Fsp3) is 0.600. The highest BCUT2D eigenvalue weighted by atomic mass is 19.4. The van der Waals surface area contributed by atoms with Crippen LogP contribution in [0.1, 0.15) is 31.9 Å². The highest BCUT2D eigenvalue weighted by Gasteiger charge is 2.35. The van der Waals surface area contributed by atoms with Crippen molar-refractivity contribution >= 4 is 5.69 Å². The first-order valence-electron chi connectivity index (χ1n) is 6.66. The van der Waals surface area contributed by atoms with Gasteiger partial charge in [0.2, 0.25) is 0 Å². The van der Waals surface area contributed by atoms with Crippen LogP contribution in [0.15, 0.2) is 18.2 Å². The molecule has 2 N–H and O–H groups in total. The first-order chi connectivity index (χ1) is 9.04. The molecule has 0 saturated carbocycles. The van der Waals surface area contributed by atoms with Gasteiger partial charge in [0.1, 0.15) is 0 Å². The van der Waals surface area contributed by atoms with Gasteiger partial charge in [0.05, 0.1) is 5.56 Å². The van der Waals surface area contributed by atoms with E-state index in [1.165, 1.54) is 6.07 Å². The van der Waals surface area contributed by atoms with Crippen LogP contribution in [-0.4, -0.2) is 20.1 Å². The van der Waals surface area contributed by atoms with Gasteiger partial charge >= 0.3 is 6.18 Å². The molecule has 1 rings (SSSR count). The van der Waals surface area contributed by atoms with E-state index in [0.29, 0.717) is 25.1 Å². The molecule has 0 aliphatic carbocycles. The third-order valence-electron chi connectivity index (χ3n) is 2.92. The number of alkyl halides is 3. The van der Waals surface area contributed by atoms with Crippen LogP contribution in [0.5, 0.6) is 0 Å². The van der Waals surface area contributed by atoms with Gasteiger partial charge in [0.25, 0.3) is 0 Å². The molecule has 0 bridgehead atoms. The molecule has 2 nitrogen and oxygen atoms in total. The summed E-state index contributed by atoms with van der Waals surface area (Å²) < 4.78 is 39.6. The molecule has 20 heavy (non-hydrogen) atoms. The topological polar surface area (TPSA) is 29.3 Å². The first-order valence-corrected chi connectivity index (χ1v) is 6.66. The van der Waals surface area contributed by atoms with Gasteiger partial charge in [-0.15, -0.1) is 0 Å². The van der Waals surface area contributed by atoms with Gasteiger partial charge < -0.3 is 10.6 Å². The minimum absolute atomic E-state index is 0.0758. The summed E-state index contributed by atoms with van der Waals surface area (Å²) in [7, 11) is 1.69. The van der Waals surface area contributed by atoms with Crippen molar-refractivity contribution in [2.45, 2.75) is 33.4 Å². The van der Waals surface area contributed by atoms with E-state index in [1.807, 2.05) is 20.8 Å². The van der Waals surface area contributed by atoms with Gasteiger partial charge in [-0.25, -0.2) is 0 Å². The molecule has 0 aromatic heterocycles. The van der Waals surface area contributed by atoms with E-state index in [0.717, 1.165) is 0 Å². The second-order valence-electron chi connectivity index (χ2n) is 6.30. The number of halogens is 3. The lowest BCUT2D eigenvalue weighted by atomic mass is 9.95. The number of nitrogens with two attached hydrogens (primary N) is 1. The van der Waals surface area contributed by atoms with Crippen LogP contribution < -0.4 is 10.6 Å². The molecule has 0 heterocycles. The summed E-state index contributed by atoms with van der Waals surface area (Å²) in [5, 5.41) is 0. The number of hydrogen-bond donors (Lipinski definition) is 1. The Morgan fingerprint density at radius 3 is 2.20 bits per heavy atom. The van der Waals surface area contributed by atoms with Crippen LogP contribution in [-0.2, 0) is 12.6 Å². The molecule has 1 aromatic carbocycles. The summed E-state index contributed by atoms with van der Waals surface area (Å²) in [6, 6.07) is 4.47. The molecule has 1 aromatic rings. The van der Waals surface area contributed by atoms with E-state index in [9.17, 15) is 13.2 Å². The summed E-state index contributed by atoms with van der Waals surface area (Å²) >= 11 is 0. The zero-order valence-corrected chi connectivity index (χ0v) is 12.5. The second kappa shape index (κ2) is 6.04. The van der Waals surface area contributed by atoms with Crippen molar-refractivity contribution in [3.63, 3.8) is 0 Å². The van der Waals surface area contributed by atoms with Crippen molar-refractivity contribution in [2.75, 3.05) is 25.0 Å². The van der Waals surface area contributed by atoms with Crippen molar-refractivity contribution in [2.24, 2.45) is 11.1 Å². The first kappa shape index (κ1) is 16.8. The summed E-state index contributed by atoms with van der Waals surface area (Å²) in [4.78, 5) is 1.66. The average Bonchev–Trinajstić information content (AvgIpc) is 2.25. The summed E-state index contributed by atoms with van der Waals surface area (Å²) in [6.45, 7) is 6.89. The molecular weight excluding hydrogens is 265 g/mol. The molecule has 5 heteroatoms. The number of anilines is 1. The average molecular weight is 288 g/mol. The maximum absolute atomic E-state index is 13.2. The summed E-state index contributed by atoms with van der Waals surface area (Å²) in [5.41, 5.74) is 5.58. The van der Waals surface area contributed by atoms with E-state index < -0.39 is 11.7 Å². The Bertz CT molecular complexity index is 447. The molecule has 114 valence electrons. The highest BCUT2D eigenvalue weighted by Crippen LogP contribution is 2.37. The lowest BCUT2D eigenvalue weighted by molar-refractivity contribution is -0.137. The molecule has 0 spiro atoms. The Balaban J connectivity index is 3.18. The lowest BCUT2D eigenvalue weighted by Crippen LogP contribution is -2.30. The van der Waals surface area contributed by atoms with E-state index in [-0.39, 0.29) is 11.1 Å². The van der Waals surface area contributed by atoms with Gasteiger partial charge in [-0.3, -0.25) is 0 Å². The van der Waals surface area contributed by atoms with Gasteiger partial charge in [-0.2, -0.15) is 13.2 Å². The molecule has 0 aliphatic heterocycles. The Hall–Kier alpha value is -1.23. The fourth-order valence-corrected chi connectivity index (χ4v) is 2.26. The normalized spacial score (nSPS) is 12.6. The third kappa shape index (κ3) is 4.71. The van der Waals surface area contributed by atoms with Crippen molar-refractivity contribution in [3.05, 3.63) is 29.3 Å². The van der Waals surface area contributed by atoms with Crippen LogP contribution >= 0.6 is 0 Å². The van der Waals surface area contributed by atoms with Gasteiger partial charge in [-0.05, 0) is 36.1 Å². The molecule has 0 unspecified atom stereocenters. The Kier molecular flexibility index (Phi) is 5.08. The van der Waals surface area contributed by atoms with Gasteiger partial charge in [0.15, 0.2) is 0 Å². The molecule has 0 fully saturated rings. The van der Waals surface area contributed by atoms with Crippen LogP contribution in [0.4, 0.5) is 18.9 Å². The van der Waals surface area contributed by atoms with Gasteiger partial charge in [0, 0.05) is 19.3 Å². The predicted octanol–water partition coefficient (Wildman–Crippen LogP) is 3.69. The fourth-order valence-electron chi connectivity index (χ4n) is 2.26. The molecule has 0 atom stereocenters. The van der Waals surface area contributed by atoms with Crippen LogP contribution in [0.25, 0.3) is 0 Å². The maximum atomic E-state index is 13.2. The van der Waals surface area contributed by atoms with Crippen molar-refractivity contribution < 1.29 is 13.2 Å². The summed E-state index contributed by atoms with van der Waals surface area (Å²) in [6.07, 6.45) is -3.90. The van der Waals surface area contributed by atoms with E-state index in [2.05, 4.69) is 0 Å². The quantitative estimate of drug-likeness (QED) is 0.915. The van der Waals surface area contributed by atoms with Crippen molar-refractivity contribution in [3.8, 4) is 0 Å². The third-order valence-corrected chi connectivity index (χ3v) is 2.92. The number of benzene rings is 1. The van der Waals surface area contributed by atoms with Crippen LogP contribution in [0, 0.1) is 5.41 Å². The Morgan fingerprint density at radius 1 is 1.15 bits per heavy atom. The molecule has 0 radical (unpaired) electrons.